The molecule has 0 saturated heterocycles. The standard InChI is InChI=1S/C21H22F3NO3/c1-20(2,15-6-7-17-18(12-15)28-9-8-27-17)13-25-19(26)11-14-4-3-5-16(10-14)21(22,23)24/h3-7,10,12H,8-9,11,13H2,1-2H3,(H,25,26). The monoisotopic (exact) mass is 393 g/mol. The van der Waals surface area contributed by atoms with E-state index < -0.39 is 11.7 Å². The van der Waals surface area contributed by atoms with Crippen LogP contribution in [0.1, 0.15) is 30.5 Å². The number of ether oxygens (including phenoxy) is 2. The van der Waals surface area contributed by atoms with Crippen LogP contribution in [0.3, 0.4) is 0 Å². The molecule has 0 fully saturated rings. The Morgan fingerprint density at radius 1 is 1.00 bits per heavy atom. The fourth-order valence-corrected chi connectivity index (χ4v) is 2.99. The van der Waals surface area contributed by atoms with Gasteiger partial charge in [0.05, 0.1) is 12.0 Å². The first-order chi connectivity index (χ1) is 13.1. The predicted molar refractivity (Wildman–Crippen MR) is 98.6 cm³/mol. The number of benzene rings is 2. The fourth-order valence-electron chi connectivity index (χ4n) is 2.99. The molecule has 0 bridgehead atoms. The van der Waals surface area contributed by atoms with E-state index in [0.29, 0.717) is 36.8 Å². The molecule has 0 aromatic heterocycles. The molecule has 28 heavy (non-hydrogen) atoms. The third-order valence-electron chi connectivity index (χ3n) is 4.67. The minimum absolute atomic E-state index is 0.110. The Hall–Kier alpha value is -2.70. The molecule has 1 amide bonds. The number of rotatable bonds is 5. The molecule has 0 aliphatic carbocycles. The number of fused-ring (bicyclic) bond motifs is 1. The molecule has 2 aromatic carbocycles. The highest BCUT2D eigenvalue weighted by atomic mass is 19.4. The number of hydrogen-bond acceptors (Lipinski definition) is 3. The summed E-state index contributed by atoms with van der Waals surface area (Å²) >= 11 is 0. The number of nitrogens with one attached hydrogen (secondary N) is 1. The Bertz CT molecular complexity index is 862. The molecule has 0 radical (unpaired) electrons. The van der Waals surface area contributed by atoms with Crippen LogP contribution in [0.15, 0.2) is 42.5 Å². The summed E-state index contributed by atoms with van der Waals surface area (Å²) in [7, 11) is 0. The van der Waals surface area contributed by atoms with Gasteiger partial charge in [-0.25, -0.2) is 0 Å². The summed E-state index contributed by atoms with van der Waals surface area (Å²) in [5, 5.41) is 2.82. The zero-order chi connectivity index (χ0) is 20.4. The number of carbonyl (C=O) groups is 1. The molecule has 150 valence electrons. The van der Waals surface area contributed by atoms with Crippen LogP contribution in [0, 0.1) is 0 Å². The lowest BCUT2D eigenvalue weighted by atomic mass is 9.84. The van der Waals surface area contributed by atoms with Gasteiger partial charge in [-0.15, -0.1) is 0 Å². The average Bonchev–Trinajstić information content (AvgIpc) is 2.66. The zero-order valence-corrected chi connectivity index (χ0v) is 15.7. The third kappa shape index (κ3) is 4.77. The summed E-state index contributed by atoms with van der Waals surface area (Å²) in [6.07, 6.45) is -4.53. The van der Waals surface area contributed by atoms with Crippen LogP contribution < -0.4 is 14.8 Å². The molecule has 0 atom stereocenters. The quantitative estimate of drug-likeness (QED) is 0.832. The van der Waals surface area contributed by atoms with E-state index in [1.807, 2.05) is 32.0 Å². The maximum atomic E-state index is 12.8. The van der Waals surface area contributed by atoms with E-state index in [4.69, 9.17) is 9.47 Å². The molecule has 0 saturated carbocycles. The topological polar surface area (TPSA) is 47.6 Å². The van der Waals surface area contributed by atoms with Crippen molar-refractivity contribution < 1.29 is 27.4 Å². The SMILES string of the molecule is CC(C)(CNC(=O)Cc1cccc(C(F)(F)F)c1)c1ccc2c(c1)OCCO2. The van der Waals surface area contributed by atoms with Crippen molar-refractivity contribution >= 4 is 5.91 Å². The number of amides is 1. The number of halogens is 3. The average molecular weight is 393 g/mol. The van der Waals surface area contributed by atoms with E-state index in [0.717, 1.165) is 17.7 Å². The highest BCUT2D eigenvalue weighted by Gasteiger charge is 2.30. The van der Waals surface area contributed by atoms with Crippen LogP contribution in [0.25, 0.3) is 0 Å². The Labute approximate surface area is 161 Å². The van der Waals surface area contributed by atoms with Gasteiger partial charge in [0, 0.05) is 12.0 Å². The van der Waals surface area contributed by atoms with Crippen LogP contribution in [0.4, 0.5) is 13.2 Å². The van der Waals surface area contributed by atoms with Crippen molar-refractivity contribution in [3.8, 4) is 11.5 Å². The first-order valence-electron chi connectivity index (χ1n) is 8.98. The van der Waals surface area contributed by atoms with Crippen molar-refractivity contribution in [1.29, 1.82) is 0 Å². The van der Waals surface area contributed by atoms with Gasteiger partial charge in [-0.3, -0.25) is 4.79 Å². The molecule has 0 unspecified atom stereocenters. The third-order valence-corrected chi connectivity index (χ3v) is 4.67. The van der Waals surface area contributed by atoms with E-state index in [1.54, 1.807) is 0 Å². The molecule has 3 rings (SSSR count). The summed E-state index contributed by atoms with van der Waals surface area (Å²) in [5.74, 6) is 1.04. The second kappa shape index (κ2) is 7.73. The molecule has 1 heterocycles. The van der Waals surface area contributed by atoms with Gasteiger partial charge >= 0.3 is 6.18 Å². The molecular weight excluding hydrogens is 371 g/mol. The largest absolute Gasteiger partial charge is 0.486 e. The first kappa shape index (κ1) is 20.0. The fraction of sp³-hybridized carbons (Fsp3) is 0.381. The Kier molecular flexibility index (Phi) is 5.54. The Morgan fingerprint density at radius 3 is 2.43 bits per heavy atom. The van der Waals surface area contributed by atoms with E-state index in [2.05, 4.69) is 5.32 Å². The molecule has 1 N–H and O–H groups in total. The molecular formula is C21H22F3NO3. The molecule has 7 heteroatoms. The highest BCUT2D eigenvalue weighted by Crippen LogP contribution is 2.35. The lowest BCUT2D eigenvalue weighted by Crippen LogP contribution is -2.37. The van der Waals surface area contributed by atoms with Crippen molar-refractivity contribution in [3.63, 3.8) is 0 Å². The van der Waals surface area contributed by atoms with E-state index >= 15 is 0 Å². The lowest BCUT2D eigenvalue weighted by molar-refractivity contribution is -0.137. The molecule has 1 aliphatic rings. The van der Waals surface area contributed by atoms with Crippen LogP contribution in [0.2, 0.25) is 0 Å². The molecule has 0 spiro atoms. The summed E-state index contributed by atoms with van der Waals surface area (Å²) in [4.78, 5) is 12.2. The normalized spacial score (nSPS) is 13.9. The van der Waals surface area contributed by atoms with Crippen LogP contribution in [0.5, 0.6) is 11.5 Å². The number of carbonyl (C=O) groups excluding carboxylic acids is 1. The maximum absolute atomic E-state index is 12.8. The maximum Gasteiger partial charge on any atom is 0.416 e. The van der Waals surface area contributed by atoms with Gasteiger partial charge in [0.25, 0.3) is 0 Å². The number of alkyl halides is 3. The molecule has 4 nitrogen and oxygen atoms in total. The minimum atomic E-state index is -4.42. The second-order valence-corrected chi connectivity index (χ2v) is 7.39. The van der Waals surface area contributed by atoms with Crippen molar-refractivity contribution in [1.82, 2.24) is 5.32 Å². The van der Waals surface area contributed by atoms with Crippen molar-refractivity contribution in [2.24, 2.45) is 0 Å². The highest BCUT2D eigenvalue weighted by molar-refractivity contribution is 5.78. The van der Waals surface area contributed by atoms with E-state index in [9.17, 15) is 18.0 Å². The van der Waals surface area contributed by atoms with Crippen molar-refractivity contribution in [2.45, 2.75) is 31.9 Å². The smallest absolute Gasteiger partial charge is 0.416 e. The predicted octanol–water partition coefficient (Wildman–Crippen LogP) is 4.11. The van der Waals surface area contributed by atoms with E-state index in [1.165, 1.54) is 12.1 Å². The number of hydrogen-bond donors (Lipinski definition) is 1. The van der Waals surface area contributed by atoms with Gasteiger partial charge in [0.2, 0.25) is 5.91 Å². The van der Waals surface area contributed by atoms with Crippen LogP contribution >= 0.6 is 0 Å². The van der Waals surface area contributed by atoms with Crippen molar-refractivity contribution in [2.75, 3.05) is 19.8 Å². The Balaban J connectivity index is 1.62. The van der Waals surface area contributed by atoms with Gasteiger partial charge in [-0.05, 0) is 29.3 Å². The summed E-state index contributed by atoms with van der Waals surface area (Å²) in [6, 6.07) is 10.5. The van der Waals surface area contributed by atoms with Gasteiger partial charge < -0.3 is 14.8 Å². The summed E-state index contributed by atoms with van der Waals surface area (Å²) in [5.41, 5.74) is 0.147. The van der Waals surface area contributed by atoms with Gasteiger partial charge in [0.15, 0.2) is 11.5 Å². The van der Waals surface area contributed by atoms with Gasteiger partial charge in [-0.1, -0.05) is 38.1 Å². The van der Waals surface area contributed by atoms with Crippen LogP contribution in [-0.4, -0.2) is 25.7 Å². The van der Waals surface area contributed by atoms with Gasteiger partial charge in [-0.2, -0.15) is 13.2 Å². The van der Waals surface area contributed by atoms with Crippen LogP contribution in [-0.2, 0) is 22.8 Å². The van der Waals surface area contributed by atoms with Gasteiger partial charge in [0.1, 0.15) is 13.2 Å². The summed E-state index contributed by atoms with van der Waals surface area (Å²) < 4.78 is 49.5. The lowest BCUT2D eigenvalue weighted by Gasteiger charge is -2.28. The summed E-state index contributed by atoms with van der Waals surface area (Å²) in [6.45, 7) is 5.29. The Morgan fingerprint density at radius 2 is 1.71 bits per heavy atom. The molecule has 2 aromatic rings. The van der Waals surface area contributed by atoms with Crippen molar-refractivity contribution in [3.05, 3.63) is 59.2 Å². The van der Waals surface area contributed by atoms with E-state index in [-0.39, 0.29) is 17.7 Å². The minimum Gasteiger partial charge on any atom is -0.486 e. The first-order valence-corrected chi connectivity index (χ1v) is 8.98. The molecule has 1 aliphatic heterocycles. The zero-order valence-electron chi connectivity index (χ0n) is 15.7. The second-order valence-electron chi connectivity index (χ2n) is 7.39.